The Morgan fingerprint density at radius 2 is 1.51 bits per heavy atom. The number of amides is 1. The number of benzene rings is 4. The molecule has 390 valence electrons. The first-order chi connectivity index (χ1) is 33.8. The van der Waals surface area contributed by atoms with Crippen LogP contribution >= 0.6 is 23.4 Å². The van der Waals surface area contributed by atoms with E-state index in [0.717, 1.165) is 86.8 Å². The Kier molecular flexibility index (Phi) is 16.2. The number of hydrogen-bond donors (Lipinski definition) is 2. The fourth-order valence-electron chi connectivity index (χ4n) is 10.5. The van der Waals surface area contributed by atoms with Gasteiger partial charge in [-0.25, -0.2) is 25.9 Å². The molecule has 11 nitrogen and oxygen atoms in total. The fourth-order valence-corrected chi connectivity index (χ4v) is 13.7. The average Bonchev–Trinajstić information content (AvgIpc) is 3.91. The lowest BCUT2D eigenvalue weighted by Gasteiger charge is -2.39. The highest BCUT2D eigenvalue weighted by atomic mass is 35.5. The smallest absolute Gasteiger partial charge is 0.380 e. The second-order valence-corrected chi connectivity index (χ2v) is 26.6. The molecule has 3 saturated heterocycles. The lowest BCUT2D eigenvalue weighted by Crippen LogP contribution is -2.47. The molecule has 72 heavy (non-hydrogen) atoms. The van der Waals surface area contributed by atoms with E-state index < -0.39 is 47.1 Å². The van der Waals surface area contributed by atoms with Crippen LogP contribution in [0.25, 0.3) is 5.57 Å². The van der Waals surface area contributed by atoms with Gasteiger partial charge in [0, 0.05) is 110 Å². The molecule has 0 radical (unpaired) electrons. The van der Waals surface area contributed by atoms with Gasteiger partial charge in [-0.05, 0) is 136 Å². The molecule has 0 spiro atoms. The third-order valence-corrected chi connectivity index (χ3v) is 18.9. The summed E-state index contributed by atoms with van der Waals surface area (Å²) in [6, 6.07) is 22.6. The van der Waals surface area contributed by atoms with E-state index in [0.29, 0.717) is 66.8 Å². The summed E-state index contributed by atoms with van der Waals surface area (Å²) in [5.74, 6) is 0.0364. The first kappa shape index (κ1) is 54.1. The maximum atomic E-state index is 15.1. The number of hydrogen-bond acceptors (Lipinski definition) is 11. The van der Waals surface area contributed by atoms with E-state index in [9.17, 15) is 34.8 Å². The highest BCUT2D eigenvalue weighted by molar-refractivity contribution is 7.99. The summed E-state index contributed by atoms with van der Waals surface area (Å²) in [6.07, 6.45) is 3.06. The van der Waals surface area contributed by atoms with E-state index in [2.05, 4.69) is 59.5 Å². The van der Waals surface area contributed by atoms with Crippen molar-refractivity contribution in [1.29, 1.82) is 0 Å². The highest BCUT2D eigenvalue weighted by Crippen LogP contribution is 2.44. The number of likely N-dealkylation sites (tertiary alicyclic amines) is 2. The molecule has 4 aliphatic rings. The summed E-state index contributed by atoms with van der Waals surface area (Å²) in [5.41, 5.74) is -2.34. The molecule has 2 unspecified atom stereocenters. The predicted octanol–water partition coefficient (Wildman–Crippen LogP) is 10.3. The molecule has 3 heterocycles. The zero-order valence-electron chi connectivity index (χ0n) is 41.4. The number of allylic oxidation sites excluding steroid dienone is 1. The summed E-state index contributed by atoms with van der Waals surface area (Å²) in [7, 11) is -11.0. The lowest BCUT2D eigenvalue weighted by atomic mass is 9.72. The third-order valence-electron chi connectivity index (χ3n) is 14.7. The number of anilines is 2. The number of sulfone groups is 1. The number of piperazine rings is 1. The van der Waals surface area contributed by atoms with Crippen molar-refractivity contribution < 1.29 is 39.2 Å². The molecule has 0 bridgehead atoms. The molecule has 8 rings (SSSR count). The van der Waals surface area contributed by atoms with Gasteiger partial charge in [0.05, 0.1) is 10.6 Å². The number of carbonyl (C=O) groups excluding carboxylic acids is 1. The van der Waals surface area contributed by atoms with Crippen LogP contribution in [0.2, 0.25) is 5.02 Å². The zero-order chi connectivity index (χ0) is 51.8. The highest BCUT2D eigenvalue weighted by Gasteiger charge is 2.49. The number of sulfonamides is 1. The molecular weight excluding hydrogens is 1010 g/mol. The van der Waals surface area contributed by atoms with E-state index in [1.807, 2.05) is 35.1 Å². The molecule has 1 amide bonds. The molecule has 19 heteroatoms. The van der Waals surface area contributed by atoms with Gasteiger partial charge in [-0.1, -0.05) is 55.3 Å². The minimum Gasteiger partial charge on any atom is -0.380 e. The molecule has 2 N–H and O–H groups in total. The Hall–Kier alpha value is -4.17. The van der Waals surface area contributed by atoms with Gasteiger partial charge in [0.15, 0.2) is 0 Å². The SMILES string of the molecule is CC1(C)CCC(c2ccc(Cl)cc2F)=C(CN2CCN(c3ccc(C(=O)NS(=O)(=O)c4ccc(N[C@H](CCN5CC6CN(C(C)(C)C)CC6C5)CSc5ccccc5)c(S(=O)(=O)C(F)(F)F)c4)cc3)CC2)C1. The molecule has 1 aliphatic carbocycles. The first-order valence-electron chi connectivity index (χ1n) is 24.5. The molecule has 3 atom stereocenters. The second-order valence-electron chi connectivity index (χ2n) is 21.5. The standard InChI is InChI=1S/C53H65ClF4N6O5S3/c1-51(2,3)64-33-38-31-62(32-39(38)34-64)22-20-41(35-70-43-9-7-6-8-10-43)59-48-18-16-44(28-49(48)71(66,67)53(56,57)58)72(68,69)60-50(65)36-11-14-42(15-12-36)63-25-23-61(24-26-63)30-37-29-52(4,5)21-19-45(37)46-17-13-40(54)27-47(46)55/h6-18,27-28,38-39,41,59H,19-26,29-35H2,1-5H3,(H,60,65)/t38?,39?,41-/m1/s1. The van der Waals surface area contributed by atoms with Crippen molar-refractivity contribution in [3.05, 3.63) is 119 Å². The van der Waals surface area contributed by atoms with Crippen molar-refractivity contribution in [2.75, 3.05) is 81.4 Å². The van der Waals surface area contributed by atoms with E-state index in [4.69, 9.17) is 11.6 Å². The summed E-state index contributed by atoms with van der Waals surface area (Å²) in [5, 5.41) is 3.43. The summed E-state index contributed by atoms with van der Waals surface area (Å²) in [4.78, 5) is 21.7. The van der Waals surface area contributed by atoms with Crippen molar-refractivity contribution in [1.82, 2.24) is 19.4 Å². The third kappa shape index (κ3) is 12.8. The van der Waals surface area contributed by atoms with Gasteiger partial charge < -0.3 is 15.1 Å². The van der Waals surface area contributed by atoms with Crippen molar-refractivity contribution >= 4 is 66.1 Å². The summed E-state index contributed by atoms with van der Waals surface area (Å²) >= 11 is 7.54. The topological polar surface area (TPSA) is 122 Å². The largest absolute Gasteiger partial charge is 0.501 e. The van der Waals surface area contributed by atoms with Gasteiger partial charge in [-0.2, -0.15) is 13.2 Å². The maximum Gasteiger partial charge on any atom is 0.501 e. The number of nitrogens with one attached hydrogen (secondary N) is 2. The normalized spacial score (nSPS) is 20.9. The number of thioether (sulfide) groups is 1. The van der Waals surface area contributed by atoms with E-state index >= 15 is 4.39 Å². The molecule has 4 aromatic carbocycles. The number of alkyl halides is 3. The van der Waals surface area contributed by atoms with Crippen LogP contribution in [0.4, 0.5) is 28.9 Å². The number of rotatable bonds is 16. The molecule has 0 saturated carbocycles. The van der Waals surface area contributed by atoms with Crippen LogP contribution in [0.15, 0.2) is 111 Å². The predicted molar refractivity (Wildman–Crippen MR) is 279 cm³/mol. The Balaban J connectivity index is 0.929. The van der Waals surface area contributed by atoms with Gasteiger partial charge in [0.25, 0.3) is 25.8 Å². The van der Waals surface area contributed by atoms with Gasteiger partial charge in [-0.3, -0.25) is 14.6 Å². The van der Waals surface area contributed by atoms with Gasteiger partial charge in [0.2, 0.25) is 0 Å². The summed E-state index contributed by atoms with van der Waals surface area (Å²) in [6.45, 7) is 19.0. The van der Waals surface area contributed by atoms with Crippen molar-refractivity contribution in [3.63, 3.8) is 0 Å². The molecular formula is C53H65ClF4N6O5S3. The number of nitrogens with zero attached hydrogens (tertiary/aromatic N) is 4. The Morgan fingerprint density at radius 3 is 2.14 bits per heavy atom. The Bertz CT molecular complexity index is 2840. The molecule has 3 aliphatic heterocycles. The lowest BCUT2D eigenvalue weighted by molar-refractivity contribution is -0.0435. The summed E-state index contributed by atoms with van der Waals surface area (Å²) < 4.78 is 114. The van der Waals surface area contributed by atoms with Crippen molar-refractivity contribution in [2.45, 2.75) is 92.1 Å². The number of halogens is 5. The zero-order valence-corrected chi connectivity index (χ0v) is 44.6. The fraction of sp³-hybridized carbons (Fsp3) is 0.491. The Labute approximate surface area is 431 Å². The maximum absolute atomic E-state index is 15.1. The van der Waals surface area contributed by atoms with Crippen LogP contribution in [-0.4, -0.2) is 126 Å². The average molecular weight is 1070 g/mol. The van der Waals surface area contributed by atoms with Crippen molar-refractivity contribution in [2.24, 2.45) is 17.3 Å². The minimum atomic E-state index is -6.08. The number of carbonyl (C=O) groups is 1. The second kappa shape index (κ2) is 21.6. The number of fused-ring (bicyclic) bond motifs is 1. The van der Waals surface area contributed by atoms with Crippen LogP contribution < -0.4 is 14.9 Å². The van der Waals surface area contributed by atoms with Crippen LogP contribution in [0.5, 0.6) is 0 Å². The van der Waals surface area contributed by atoms with E-state index in [-0.39, 0.29) is 28.0 Å². The molecule has 4 aromatic rings. The molecule has 3 fully saturated rings. The minimum absolute atomic E-state index is 0.0249. The quantitative estimate of drug-likeness (QED) is 0.0824. The van der Waals surface area contributed by atoms with Crippen molar-refractivity contribution in [3.8, 4) is 0 Å². The van der Waals surface area contributed by atoms with Crippen LogP contribution in [0.1, 0.15) is 76.2 Å². The first-order valence-corrected chi connectivity index (χ1v) is 28.9. The monoisotopic (exact) mass is 1070 g/mol. The van der Waals surface area contributed by atoms with E-state index in [1.54, 1.807) is 24.3 Å². The van der Waals surface area contributed by atoms with Crippen LogP contribution in [-0.2, 0) is 19.9 Å². The Morgan fingerprint density at radius 1 is 0.847 bits per heavy atom. The van der Waals surface area contributed by atoms with Crippen LogP contribution in [0.3, 0.4) is 0 Å². The van der Waals surface area contributed by atoms with Gasteiger partial charge in [-0.15, -0.1) is 11.8 Å². The van der Waals surface area contributed by atoms with Gasteiger partial charge >= 0.3 is 5.51 Å². The molecule has 0 aromatic heterocycles. The van der Waals surface area contributed by atoms with Gasteiger partial charge in [0.1, 0.15) is 10.7 Å². The van der Waals surface area contributed by atoms with Crippen LogP contribution in [0, 0.1) is 23.1 Å². The van der Waals surface area contributed by atoms with E-state index in [1.165, 1.54) is 35.5 Å².